The molecule has 0 radical (unpaired) electrons. The molecule has 0 aromatic heterocycles. The van der Waals surface area contributed by atoms with Gasteiger partial charge in [-0.3, -0.25) is 4.79 Å². The molecule has 0 aromatic carbocycles. The Bertz CT molecular complexity index is 538. The molecule has 0 bridgehead atoms. The minimum atomic E-state index is -2.53. The first kappa shape index (κ1) is 21.3. The van der Waals surface area contributed by atoms with Crippen LogP contribution in [0, 0.1) is 12.3 Å². The number of hydrogen-bond acceptors (Lipinski definition) is 7. The Labute approximate surface area is 143 Å². The minimum absolute atomic E-state index is 0.0634. The van der Waals surface area contributed by atoms with Crippen LogP contribution < -0.4 is 5.32 Å². The summed E-state index contributed by atoms with van der Waals surface area (Å²) in [6.45, 7) is -0.0532. The smallest absolute Gasteiger partial charge is 0.338 e. The van der Waals surface area contributed by atoms with Gasteiger partial charge >= 0.3 is 5.97 Å². The van der Waals surface area contributed by atoms with Crippen molar-refractivity contribution in [1.82, 2.24) is 5.32 Å². The first-order valence-corrected chi connectivity index (χ1v) is 7.53. The summed E-state index contributed by atoms with van der Waals surface area (Å²) in [4.78, 5) is 23.2. The molecule has 1 rings (SSSR count). The average molecular weight is 363 g/mol. The fourth-order valence-electron chi connectivity index (χ4n) is 2.51. The van der Waals surface area contributed by atoms with E-state index >= 15 is 0 Å². The first-order valence-electron chi connectivity index (χ1n) is 7.53. The standard InChI is InChI=1S/C15H22FNO8/c1-3-4-5-8(20)17-9-11(22)13(16)15(2,14(23)24)25-12(9)10(21)7(19)6-18/h1,7,9-13,18-19,21-22H,4-6H2,2H3,(H,17,20)(H,23,24)/t7-,9-,10-,11+,12?,13?,15-/m1/s1. The highest BCUT2D eigenvalue weighted by Gasteiger charge is 2.59. The monoisotopic (exact) mass is 363 g/mol. The van der Waals surface area contributed by atoms with Gasteiger partial charge in [0.2, 0.25) is 5.91 Å². The fraction of sp³-hybridized carbons (Fsp3) is 0.733. The number of carbonyl (C=O) groups excluding carboxylic acids is 1. The Morgan fingerprint density at radius 3 is 2.52 bits per heavy atom. The number of hydrogen-bond donors (Lipinski definition) is 6. The predicted octanol–water partition coefficient (Wildman–Crippen LogP) is -2.46. The SMILES string of the molecule is C#CCCC(=O)N[C@H]1C([C@H](O)[C@H](O)CO)O[C@@](C)(C(=O)O)C(F)[C@H]1O. The van der Waals surface area contributed by atoms with Crippen molar-refractivity contribution in [3.05, 3.63) is 0 Å². The van der Waals surface area contributed by atoms with Crippen LogP contribution in [0.4, 0.5) is 4.39 Å². The molecule has 1 aliphatic heterocycles. The highest BCUT2D eigenvalue weighted by molar-refractivity contribution is 5.79. The molecule has 1 heterocycles. The molecular formula is C15H22FNO8. The van der Waals surface area contributed by atoms with Crippen LogP contribution >= 0.6 is 0 Å². The lowest BCUT2D eigenvalue weighted by Crippen LogP contribution is -2.71. The summed E-state index contributed by atoms with van der Waals surface area (Å²) in [5.74, 6) is -0.215. The quantitative estimate of drug-likeness (QED) is 0.272. The van der Waals surface area contributed by atoms with E-state index in [4.69, 9.17) is 16.3 Å². The number of aliphatic hydroxyl groups excluding tert-OH is 4. The number of rotatable bonds is 7. The number of carboxylic acids is 1. The second-order valence-corrected chi connectivity index (χ2v) is 5.92. The number of terminal acetylenes is 1. The lowest BCUT2D eigenvalue weighted by molar-refractivity contribution is -0.247. The Morgan fingerprint density at radius 1 is 1.44 bits per heavy atom. The molecule has 1 saturated heterocycles. The van der Waals surface area contributed by atoms with Crippen LogP contribution in [0.5, 0.6) is 0 Å². The van der Waals surface area contributed by atoms with Crippen molar-refractivity contribution >= 4 is 11.9 Å². The van der Waals surface area contributed by atoms with Gasteiger partial charge in [-0.2, -0.15) is 0 Å². The third-order valence-corrected chi connectivity index (χ3v) is 4.10. The number of halogens is 1. The Hall–Kier alpha value is -1.77. The van der Waals surface area contributed by atoms with Crippen molar-refractivity contribution < 1.29 is 44.2 Å². The molecule has 25 heavy (non-hydrogen) atoms. The number of aliphatic carboxylic acids is 1. The number of ether oxygens (including phenoxy) is 1. The molecule has 0 aliphatic carbocycles. The van der Waals surface area contributed by atoms with Crippen LogP contribution in [0.1, 0.15) is 19.8 Å². The highest BCUT2D eigenvalue weighted by atomic mass is 19.1. The molecule has 6 N–H and O–H groups in total. The van der Waals surface area contributed by atoms with E-state index in [1.165, 1.54) is 0 Å². The van der Waals surface area contributed by atoms with Gasteiger partial charge in [0.25, 0.3) is 0 Å². The van der Waals surface area contributed by atoms with Gasteiger partial charge < -0.3 is 35.6 Å². The van der Waals surface area contributed by atoms with Gasteiger partial charge in [0.05, 0.1) is 12.6 Å². The number of aliphatic hydroxyl groups is 4. The third kappa shape index (κ3) is 4.45. The Kier molecular flexibility index (Phi) is 7.28. The van der Waals surface area contributed by atoms with E-state index in [9.17, 15) is 34.4 Å². The zero-order chi connectivity index (χ0) is 19.4. The van der Waals surface area contributed by atoms with Gasteiger partial charge in [-0.15, -0.1) is 12.3 Å². The molecule has 1 fully saturated rings. The maximum Gasteiger partial charge on any atom is 0.338 e. The third-order valence-electron chi connectivity index (χ3n) is 4.10. The molecule has 9 nitrogen and oxygen atoms in total. The van der Waals surface area contributed by atoms with Gasteiger partial charge in [0, 0.05) is 12.8 Å². The zero-order valence-corrected chi connectivity index (χ0v) is 13.5. The predicted molar refractivity (Wildman–Crippen MR) is 80.9 cm³/mol. The topological polar surface area (TPSA) is 157 Å². The largest absolute Gasteiger partial charge is 0.479 e. The zero-order valence-electron chi connectivity index (χ0n) is 13.5. The summed E-state index contributed by atoms with van der Waals surface area (Å²) < 4.78 is 19.5. The van der Waals surface area contributed by atoms with Gasteiger partial charge in [0.1, 0.15) is 24.4 Å². The lowest BCUT2D eigenvalue weighted by Gasteiger charge is -2.47. The van der Waals surface area contributed by atoms with Crippen molar-refractivity contribution in [3.63, 3.8) is 0 Å². The molecule has 1 amide bonds. The first-order chi connectivity index (χ1) is 11.6. The van der Waals surface area contributed by atoms with Crippen LogP contribution in [-0.2, 0) is 14.3 Å². The van der Waals surface area contributed by atoms with E-state index in [1.807, 2.05) is 0 Å². The summed E-state index contributed by atoms with van der Waals surface area (Å²) in [5, 5.41) is 50.2. The van der Waals surface area contributed by atoms with Gasteiger partial charge in [-0.25, -0.2) is 9.18 Å². The van der Waals surface area contributed by atoms with Crippen molar-refractivity contribution in [1.29, 1.82) is 0 Å². The average Bonchev–Trinajstić information content (AvgIpc) is 2.58. The van der Waals surface area contributed by atoms with E-state index in [0.717, 1.165) is 6.92 Å². The molecule has 142 valence electrons. The number of nitrogens with one attached hydrogen (secondary N) is 1. The summed E-state index contributed by atoms with van der Waals surface area (Å²) >= 11 is 0. The van der Waals surface area contributed by atoms with Crippen LogP contribution in [0.15, 0.2) is 0 Å². The molecule has 1 aliphatic rings. The molecule has 10 heteroatoms. The summed E-state index contributed by atoms with van der Waals surface area (Å²) in [5.41, 5.74) is -2.53. The van der Waals surface area contributed by atoms with Crippen LogP contribution in [0.3, 0.4) is 0 Å². The summed E-state index contributed by atoms with van der Waals surface area (Å²) in [6, 6.07) is -1.57. The van der Waals surface area contributed by atoms with E-state index in [1.54, 1.807) is 0 Å². The van der Waals surface area contributed by atoms with Crippen LogP contribution in [-0.4, -0.2) is 86.2 Å². The van der Waals surface area contributed by atoms with E-state index in [2.05, 4.69) is 11.2 Å². The number of alkyl halides is 1. The molecular weight excluding hydrogens is 341 g/mol. The second kappa shape index (κ2) is 8.55. The Morgan fingerprint density at radius 2 is 2.04 bits per heavy atom. The number of carboxylic acid groups (broad SMARTS) is 1. The summed E-state index contributed by atoms with van der Waals surface area (Å²) in [6.07, 6.45) is -4.90. The summed E-state index contributed by atoms with van der Waals surface area (Å²) in [7, 11) is 0. The fourth-order valence-corrected chi connectivity index (χ4v) is 2.51. The lowest BCUT2D eigenvalue weighted by atomic mass is 9.83. The molecule has 0 aromatic rings. The highest BCUT2D eigenvalue weighted by Crippen LogP contribution is 2.34. The van der Waals surface area contributed by atoms with Crippen molar-refractivity contribution in [3.8, 4) is 12.3 Å². The van der Waals surface area contributed by atoms with Crippen LogP contribution in [0.2, 0.25) is 0 Å². The minimum Gasteiger partial charge on any atom is -0.479 e. The molecule has 7 atom stereocenters. The van der Waals surface area contributed by atoms with Crippen molar-refractivity contribution in [2.24, 2.45) is 0 Å². The number of carbonyl (C=O) groups is 2. The van der Waals surface area contributed by atoms with Crippen molar-refractivity contribution in [2.45, 2.75) is 62.0 Å². The maximum absolute atomic E-state index is 14.4. The molecule has 2 unspecified atom stereocenters. The second-order valence-electron chi connectivity index (χ2n) is 5.92. The van der Waals surface area contributed by atoms with E-state index in [-0.39, 0.29) is 12.8 Å². The van der Waals surface area contributed by atoms with Gasteiger partial charge in [-0.1, -0.05) is 0 Å². The normalized spacial score (nSPS) is 34.6. The maximum atomic E-state index is 14.4. The van der Waals surface area contributed by atoms with E-state index < -0.39 is 60.7 Å². The van der Waals surface area contributed by atoms with Gasteiger partial charge in [-0.05, 0) is 6.92 Å². The molecule has 0 saturated carbocycles. The molecule has 0 spiro atoms. The van der Waals surface area contributed by atoms with Crippen LogP contribution in [0.25, 0.3) is 0 Å². The van der Waals surface area contributed by atoms with E-state index in [0.29, 0.717) is 0 Å². The van der Waals surface area contributed by atoms with Crippen molar-refractivity contribution in [2.75, 3.05) is 6.61 Å². The number of amides is 1. The Balaban J connectivity index is 3.14. The van der Waals surface area contributed by atoms with Gasteiger partial charge in [0.15, 0.2) is 11.8 Å².